The summed E-state index contributed by atoms with van der Waals surface area (Å²) in [4.78, 5) is 0. The highest BCUT2D eigenvalue weighted by Crippen LogP contribution is 2.22. The van der Waals surface area contributed by atoms with Gasteiger partial charge in [-0.25, -0.2) is 4.68 Å². The molecule has 0 saturated carbocycles. The van der Waals surface area contributed by atoms with E-state index in [1.165, 1.54) is 0 Å². The molecule has 0 saturated heterocycles. The van der Waals surface area contributed by atoms with Gasteiger partial charge >= 0.3 is 0 Å². The van der Waals surface area contributed by atoms with Crippen LogP contribution in [0.1, 0.15) is 11.1 Å². The molecule has 0 aliphatic carbocycles. The zero-order valence-corrected chi connectivity index (χ0v) is 10.6. The highest BCUT2D eigenvalue weighted by molar-refractivity contribution is 9.10. The minimum Gasteiger partial charge on any atom is -0.241 e. The van der Waals surface area contributed by atoms with Gasteiger partial charge in [0.15, 0.2) is 0 Å². The highest BCUT2D eigenvalue weighted by Gasteiger charge is 2.02. The van der Waals surface area contributed by atoms with Crippen molar-refractivity contribution < 1.29 is 0 Å². The van der Waals surface area contributed by atoms with Crippen LogP contribution < -0.4 is 0 Å². The van der Waals surface area contributed by atoms with E-state index in [-0.39, 0.29) is 0 Å². The monoisotopic (exact) mass is 284 g/mol. The molecule has 0 amide bonds. The van der Waals surface area contributed by atoms with Crippen molar-refractivity contribution in [1.82, 2.24) is 9.78 Å². The lowest BCUT2D eigenvalue weighted by Gasteiger charge is -2.04. The average molecular weight is 286 g/mol. The molecule has 2 nitrogen and oxygen atoms in total. The second kappa shape index (κ2) is 4.37. The Bertz CT molecular complexity index is 479. The van der Waals surface area contributed by atoms with Gasteiger partial charge in [-0.2, -0.15) is 5.10 Å². The molecular weight excluding hydrogens is 275 g/mol. The van der Waals surface area contributed by atoms with E-state index in [4.69, 9.17) is 11.6 Å². The maximum absolute atomic E-state index is 5.78. The summed E-state index contributed by atoms with van der Waals surface area (Å²) in [6, 6.07) is 6.03. The van der Waals surface area contributed by atoms with Crippen molar-refractivity contribution in [2.75, 3.05) is 0 Å². The molecule has 0 unspecified atom stereocenters. The number of hydrogen-bond donors (Lipinski definition) is 0. The molecule has 78 valence electrons. The number of halogens is 2. The van der Waals surface area contributed by atoms with Gasteiger partial charge in [-0.1, -0.05) is 22.0 Å². The molecule has 15 heavy (non-hydrogen) atoms. The minimum absolute atomic E-state index is 0.513. The maximum atomic E-state index is 5.78. The van der Waals surface area contributed by atoms with Gasteiger partial charge < -0.3 is 0 Å². The van der Waals surface area contributed by atoms with Crippen LogP contribution in [0.3, 0.4) is 0 Å². The number of alkyl halides is 1. The van der Waals surface area contributed by atoms with Crippen LogP contribution in [-0.2, 0) is 5.88 Å². The molecule has 0 spiro atoms. The van der Waals surface area contributed by atoms with E-state index in [1.807, 2.05) is 42.2 Å². The summed E-state index contributed by atoms with van der Waals surface area (Å²) >= 11 is 9.27. The Hall–Kier alpha value is -0.800. The number of rotatable bonds is 2. The van der Waals surface area contributed by atoms with Crippen LogP contribution in [0.2, 0.25) is 0 Å². The molecule has 4 heteroatoms. The first-order valence-electron chi connectivity index (χ1n) is 4.57. The second-order valence-electron chi connectivity index (χ2n) is 3.37. The largest absolute Gasteiger partial charge is 0.241 e. The fourth-order valence-corrected chi connectivity index (χ4v) is 2.24. The lowest BCUT2D eigenvalue weighted by Crippen LogP contribution is -1.94. The number of aromatic nitrogens is 2. The maximum Gasteiger partial charge on any atom is 0.0657 e. The molecule has 1 heterocycles. The molecule has 0 radical (unpaired) electrons. The van der Waals surface area contributed by atoms with Gasteiger partial charge in [0.2, 0.25) is 0 Å². The third-order valence-electron chi connectivity index (χ3n) is 2.16. The number of aryl methyl sites for hydroxylation is 1. The molecule has 0 aliphatic rings. The summed E-state index contributed by atoms with van der Waals surface area (Å²) in [5.74, 6) is 0.513. The predicted octanol–water partition coefficient (Wildman–Crippen LogP) is 3.68. The van der Waals surface area contributed by atoms with E-state index in [1.54, 1.807) is 0 Å². The zero-order valence-electron chi connectivity index (χ0n) is 8.24. The van der Waals surface area contributed by atoms with E-state index in [9.17, 15) is 0 Å². The predicted molar refractivity (Wildman–Crippen MR) is 65.6 cm³/mol. The molecule has 0 bridgehead atoms. The third-order valence-corrected chi connectivity index (χ3v) is 3.18. The first kappa shape index (κ1) is 10.7. The molecule has 1 aromatic heterocycles. The number of benzene rings is 1. The van der Waals surface area contributed by atoms with Gasteiger partial charge in [0, 0.05) is 16.5 Å². The normalized spacial score (nSPS) is 10.6. The van der Waals surface area contributed by atoms with E-state index in [0.29, 0.717) is 5.88 Å². The van der Waals surface area contributed by atoms with Crippen LogP contribution >= 0.6 is 27.5 Å². The molecule has 1 aromatic carbocycles. The summed E-state index contributed by atoms with van der Waals surface area (Å²) in [7, 11) is 0. The van der Waals surface area contributed by atoms with E-state index in [2.05, 4.69) is 21.0 Å². The van der Waals surface area contributed by atoms with E-state index < -0.39 is 0 Å². The molecule has 2 aromatic rings. The van der Waals surface area contributed by atoms with Crippen LogP contribution in [0.25, 0.3) is 5.69 Å². The standard InChI is InChI=1S/C11H10BrClN2/c1-8-6-14-15(7-8)10-3-2-9(5-13)11(12)4-10/h2-4,6-7H,5H2,1H3. The van der Waals surface area contributed by atoms with E-state index in [0.717, 1.165) is 21.3 Å². The fourth-order valence-electron chi connectivity index (χ4n) is 1.34. The Morgan fingerprint density at radius 1 is 1.47 bits per heavy atom. The van der Waals surface area contributed by atoms with Crippen molar-refractivity contribution in [2.45, 2.75) is 12.8 Å². The van der Waals surface area contributed by atoms with Crippen molar-refractivity contribution in [1.29, 1.82) is 0 Å². The molecular formula is C11H10BrClN2. The van der Waals surface area contributed by atoms with Crippen molar-refractivity contribution in [3.8, 4) is 5.69 Å². The Labute approximate surface area is 102 Å². The minimum atomic E-state index is 0.513. The Morgan fingerprint density at radius 2 is 2.27 bits per heavy atom. The first-order chi connectivity index (χ1) is 7.20. The summed E-state index contributed by atoms with van der Waals surface area (Å²) in [6.07, 6.45) is 3.82. The first-order valence-corrected chi connectivity index (χ1v) is 5.89. The number of nitrogens with zero attached hydrogens (tertiary/aromatic N) is 2. The van der Waals surface area contributed by atoms with Gasteiger partial charge in [-0.15, -0.1) is 11.6 Å². The average Bonchev–Trinajstić information content (AvgIpc) is 2.65. The van der Waals surface area contributed by atoms with Crippen LogP contribution in [0.5, 0.6) is 0 Å². The van der Waals surface area contributed by atoms with Crippen LogP contribution in [-0.4, -0.2) is 9.78 Å². The molecule has 0 fully saturated rings. The summed E-state index contributed by atoms with van der Waals surface area (Å²) in [5.41, 5.74) is 3.26. The van der Waals surface area contributed by atoms with Gasteiger partial charge in [-0.05, 0) is 30.2 Å². The molecule has 0 atom stereocenters. The van der Waals surface area contributed by atoms with Gasteiger partial charge in [-0.3, -0.25) is 0 Å². The van der Waals surface area contributed by atoms with Gasteiger partial charge in [0.25, 0.3) is 0 Å². The highest BCUT2D eigenvalue weighted by atomic mass is 79.9. The Kier molecular flexibility index (Phi) is 3.12. The topological polar surface area (TPSA) is 17.8 Å². The number of hydrogen-bond acceptors (Lipinski definition) is 1. The van der Waals surface area contributed by atoms with Crippen molar-refractivity contribution in [2.24, 2.45) is 0 Å². The summed E-state index contributed by atoms with van der Waals surface area (Å²) < 4.78 is 2.86. The Balaban J connectivity index is 2.42. The lowest BCUT2D eigenvalue weighted by atomic mass is 10.2. The van der Waals surface area contributed by atoms with Crippen molar-refractivity contribution >= 4 is 27.5 Å². The molecule has 2 rings (SSSR count). The molecule has 0 N–H and O–H groups in total. The fraction of sp³-hybridized carbons (Fsp3) is 0.182. The van der Waals surface area contributed by atoms with Crippen LogP contribution in [0, 0.1) is 6.92 Å². The van der Waals surface area contributed by atoms with Gasteiger partial charge in [0.1, 0.15) is 0 Å². The second-order valence-corrected chi connectivity index (χ2v) is 4.49. The van der Waals surface area contributed by atoms with E-state index >= 15 is 0 Å². The summed E-state index contributed by atoms with van der Waals surface area (Å²) in [6.45, 7) is 2.02. The lowest BCUT2D eigenvalue weighted by molar-refractivity contribution is 0.878. The smallest absolute Gasteiger partial charge is 0.0657 e. The zero-order chi connectivity index (χ0) is 10.8. The Morgan fingerprint density at radius 3 is 2.80 bits per heavy atom. The van der Waals surface area contributed by atoms with Crippen LogP contribution in [0.15, 0.2) is 35.1 Å². The van der Waals surface area contributed by atoms with Crippen molar-refractivity contribution in [3.05, 3.63) is 46.2 Å². The van der Waals surface area contributed by atoms with Gasteiger partial charge in [0.05, 0.1) is 11.9 Å². The SMILES string of the molecule is Cc1cnn(-c2ccc(CCl)c(Br)c2)c1. The third kappa shape index (κ3) is 2.24. The quantitative estimate of drug-likeness (QED) is 0.770. The van der Waals surface area contributed by atoms with Crippen molar-refractivity contribution in [3.63, 3.8) is 0 Å². The van der Waals surface area contributed by atoms with Crippen LogP contribution in [0.4, 0.5) is 0 Å². The molecule has 0 aliphatic heterocycles. The summed E-state index contributed by atoms with van der Waals surface area (Å²) in [5, 5.41) is 4.25.